The molecule has 0 aromatic heterocycles. The molecule has 25 heavy (non-hydrogen) atoms. The van der Waals surface area contributed by atoms with Gasteiger partial charge in [-0.1, -0.05) is 0 Å². The smallest absolute Gasteiger partial charge is 0.258 e. The standard InChI is InChI=1S/C15H14F3N3O3S/c16-12-4-2-10(25(23,24)20-6-5-19)8-11(12)15(22)21-9-1-3-13(17)14(18)7-9/h1-4,7-8,20H,5-6,19H2,(H,21,22). The summed E-state index contributed by atoms with van der Waals surface area (Å²) in [7, 11) is -3.97. The summed E-state index contributed by atoms with van der Waals surface area (Å²) in [6.07, 6.45) is 0. The van der Waals surface area contributed by atoms with Gasteiger partial charge in [-0.25, -0.2) is 26.3 Å². The first-order chi connectivity index (χ1) is 11.7. The fraction of sp³-hybridized carbons (Fsp3) is 0.133. The minimum absolute atomic E-state index is 0.0317. The Morgan fingerprint density at radius 1 is 1.00 bits per heavy atom. The first kappa shape index (κ1) is 18.9. The van der Waals surface area contributed by atoms with Gasteiger partial charge in [-0.15, -0.1) is 0 Å². The maximum Gasteiger partial charge on any atom is 0.258 e. The first-order valence-electron chi connectivity index (χ1n) is 7.00. The van der Waals surface area contributed by atoms with Crippen molar-refractivity contribution in [2.75, 3.05) is 18.4 Å². The summed E-state index contributed by atoms with van der Waals surface area (Å²) in [6.45, 7) is 0.0278. The largest absolute Gasteiger partial charge is 0.329 e. The van der Waals surface area contributed by atoms with Crippen LogP contribution in [0.15, 0.2) is 41.3 Å². The minimum Gasteiger partial charge on any atom is -0.329 e. The summed E-state index contributed by atoms with van der Waals surface area (Å²) < 4.78 is 66.1. The molecule has 4 N–H and O–H groups in total. The zero-order chi connectivity index (χ0) is 18.6. The van der Waals surface area contributed by atoms with Gasteiger partial charge in [0.05, 0.1) is 10.5 Å². The summed E-state index contributed by atoms with van der Waals surface area (Å²) >= 11 is 0. The zero-order valence-corrected chi connectivity index (χ0v) is 13.5. The summed E-state index contributed by atoms with van der Waals surface area (Å²) in [6, 6.07) is 5.23. The SMILES string of the molecule is NCCNS(=O)(=O)c1ccc(F)c(C(=O)Nc2ccc(F)c(F)c2)c1. The van der Waals surface area contributed by atoms with Crippen molar-refractivity contribution in [1.82, 2.24) is 4.72 Å². The van der Waals surface area contributed by atoms with Crippen molar-refractivity contribution in [1.29, 1.82) is 0 Å². The van der Waals surface area contributed by atoms with E-state index < -0.39 is 38.9 Å². The Labute approximate surface area is 141 Å². The van der Waals surface area contributed by atoms with E-state index in [0.717, 1.165) is 30.3 Å². The number of benzene rings is 2. The lowest BCUT2D eigenvalue weighted by Gasteiger charge is -2.10. The van der Waals surface area contributed by atoms with Gasteiger partial charge in [-0.05, 0) is 30.3 Å². The fourth-order valence-corrected chi connectivity index (χ4v) is 2.97. The van der Waals surface area contributed by atoms with E-state index in [4.69, 9.17) is 5.73 Å². The zero-order valence-electron chi connectivity index (χ0n) is 12.7. The van der Waals surface area contributed by atoms with Crippen molar-refractivity contribution >= 4 is 21.6 Å². The van der Waals surface area contributed by atoms with Gasteiger partial charge < -0.3 is 11.1 Å². The predicted octanol–water partition coefficient (Wildman–Crippen LogP) is 1.59. The molecule has 0 aliphatic rings. The first-order valence-corrected chi connectivity index (χ1v) is 8.48. The predicted molar refractivity (Wildman–Crippen MR) is 85.0 cm³/mol. The number of rotatable bonds is 6. The van der Waals surface area contributed by atoms with Gasteiger partial charge in [0.1, 0.15) is 5.82 Å². The number of hydrogen-bond acceptors (Lipinski definition) is 4. The van der Waals surface area contributed by atoms with Crippen LogP contribution in [0.4, 0.5) is 18.9 Å². The highest BCUT2D eigenvalue weighted by atomic mass is 32.2. The summed E-state index contributed by atoms with van der Waals surface area (Å²) in [5.41, 5.74) is 4.53. The highest BCUT2D eigenvalue weighted by Gasteiger charge is 2.19. The number of anilines is 1. The molecule has 0 saturated carbocycles. The number of carbonyl (C=O) groups excluding carboxylic acids is 1. The number of hydrogen-bond donors (Lipinski definition) is 3. The highest BCUT2D eigenvalue weighted by Crippen LogP contribution is 2.18. The normalized spacial score (nSPS) is 11.4. The van der Waals surface area contributed by atoms with Gasteiger partial charge in [0.15, 0.2) is 11.6 Å². The van der Waals surface area contributed by atoms with Crippen molar-refractivity contribution in [2.24, 2.45) is 5.73 Å². The molecular formula is C15H14F3N3O3S. The minimum atomic E-state index is -3.97. The average Bonchev–Trinajstić information content (AvgIpc) is 2.56. The van der Waals surface area contributed by atoms with Crippen LogP contribution in [0.3, 0.4) is 0 Å². The number of nitrogens with one attached hydrogen (secondary N) is 2. The van der Waals surface area contributed by atoms with Crippen molar-refractivity contribution in [3.8, 4) is 0 Å². The Bertz CT molecular complexity index is 904. The van der Waals surface area contributed by atoms with Crippen LogP contribution in [-0.2, 0) is 10.0 Å². The molecule has 0 unspecified atom stereocenters. The van der Waals surface area contributed by atoms with Gasteiger partial charge >= 0.3 is 0 Å². The average molecular weight is 373 g/mol. The van der Waals surface area contributed by atoms with E-state index in [-0.39, 0.29) is 23.7 Å². The molecule has 0 atom stereocenters. The molecule has 0 aliphatic heterocycles. The molecule has 0 heterocycles. The molecule has 2 aromatic rings. The van der Waals surface area contributed by atoms with E-state index in [9.17, 15) is 26.4 Å². The third kappa shape index (κ3) is 4.56. The van der Waals surface area contributed by atoms with Gasteiger partial charge in [0.2, 0.25) is 10.0 Å². The number of sulfonamides is 1. The molecule has 0 aliphatic carbocycles. The van der Waals surface area contributed by atoms with E-state index in [1.54, 1.807) is 0 Å². The van der Waals surface area contributed by atoms with E-state index >= 15 is 0 Å². The lowest BCUT2D eigenvalue weighted by atomic mass is 10.2. The molecule has 0 bridgehead atoms. The monoisotopic (exact) mass is 373 g/mol. The Morgan fingerprint density at radius 3 is 2.32 bits per heavy atom. The van der Waals surface area contributed by atoms with Crippen LogP contribution in [0.1, 0.15) is 10.4 Å². The Morgan fingerprint density at radius 2 is 1.68 bits per heavy atom. The Balaban J connectivity index is 2.30. The van der Waals surface area contributed by atoms with E-state index in [2.05, 4.69) is 10.0 Å². The van der Waals surface area contributed by atoms with Crippen molar-refractivity contribution in [3.63, 3.8) is 0 Å². The maximum atomic E-state index is 13.9. The third-order valence-corrected chi connectivity index (χ3v) is 4.57. The molecule has 0 fully saturated rings. The van der Waals surface area contributed by atoms with Crippen LogP contribution in [0.2, 0.25) is 0 Å². The van der Waals surface area contributed by atoms with Gasteiger partial charge in [-0.2, -0.15) is 0 Å². The van der Waals surface area contributed by atoms with Gasteiger partial charge in [0, 0.05) is 24.8 Å². The highest BCUT2D eigenvalue weighted by molar-refractivity contribution is 7.89. The van der Waals surface area contributed by atoms with Crippen molar-refractivity contribution in [2.45, 2.75) is 4.90 Å². The molecule has 0 saturated heterocycles. The van der Waals surface area contributed by atoms with Gasteiger partial charge in [0.25, 0.3) is 5.91 Å². The topological polar surface area (TPSA) is 101 Å². The van der Waals surface area contributed by atoms with Crippen LogP contribution < -0.4 is 15.8 Å². The molecule has 6 nitrogen and oxygen atoms in total. The molecular weight excluding hydrogens is 359 g/mol. The number of nitrogens with two attached hydrogens (primary N) is 1. The van der Waals surface area contributed by atoms with Crippen LogP contribution in [0, 0.1) is 17.5 Å². The number of amides is 1. The lowest BCUT2D eigenvalue weighted by molar-refractivity contribution is 0.102. The number of carbonyl (C=O) groups is 1. The van der Waals surface area contributed by atoms with E-state index in [1.807, 2.05) is 0 Å². The van der Waals surface area contributed by atoms with E-state index in [0.29, 0.717) is 6.07 Å². The third-order valence-electron chi connectivity index (χ3n) is 3.11. The van der Waals surface area contributed by atoms with Crippen LogP contribution in [0.25, 0.3) is 0 Å². The van der Waals surface area contributed by atoms with Crippen LogP contribution >= 0.6 is 0 Å². The van der Waals surface area contributed by atoms with Crippen LogP contribution in [-0.4, -0.2) is 27.4 Å². The van der Waals surface area contributed by atoms with E-state index in [1.165, 1.54) is 0 Å². The summed E-state index contributed by atoms with van der Waals surface area (Å²) in [5, 5.41) is 2.17. The quantitative estimate of drug-likeness (QED) is 0.716. The molecule has 10 heteroatoms. The Kier molecular flexibility index (Phi) is 5.77. The molecule has 1 amide bonds. The summed E-state index contributed by atoms with van der Waals surface area (Å²) in [4.78, 5) is 11.8. The lowest BCUT2D eigenvalue weighted by Crippen LogP contribution is -2.29. The molecule has 2 aromatic carbocycles. The van der Waals surface area contributed by atoms with Crippen LogP contribution in [0.5, 0.6) is 0 Å². The molecule has 2 rings (SSSR count). The second-order valence-corrected chi connectivity index (χ2v) is 6.68. The maximum absolute atomic E-state index is 13.9. The fourth-order valence-electron chi connectivity index (χ4n) is 1.89. The van der Waals surface area contributed by atoms with Crippen molar-refractivity contribution < 1.29 is 26.4 Å². The molecule has 134 valence electrons. The van der Waals surface area contributed by atoms with Crippen molar-refractivity contribution in [3.05, 3.63) is 59.4 Å². The second-order valence-electron chi connectivity index (χ2n) is 4.91. The summed E-state index contributed by atoms with van der Waals surface area (Å²) in [5.74, 6) is -4.29. The molecule has 0 spiro atoms. The number of halogens is 3. The molecule has 0 radical (unpaired) electrons. The second kappa shape index (κ2) is 7.64. The van der Waals surface area contributed by atoms with Gasteiger partial charge in [-0.3, -0.25) is 4.79 Å². The Hall–Kier alpha value is -2.43.